The number of nitrogens with one attached hydrogen (secondary N) is 2. The zero-order chi connectivity index (χ0) is 25.2. The molecule has 1 fully saturated rings. The van der Waals surface area contributed by atoms with Crippen molar-refractivity contribution >= 4 is 40.7 Å². The molecule has 7 heteroatoms. The second-order valence-electron chi connectivity index (χ2n) is 9.09. The van der Waals surface area contributed by atoms with Crippen LogP contribution in [0.3, 0.4) is 0 Å². The SMILES string of the molecule is CC1=CC[C@@H]2C(=O)N(c3ccccc3C(=O)Nc3cccc(C(=O)Nc4ccccc4)c3)C(=O)[C@@H]2C1. The molecule has 4 amide bonds. The number of benzene rings is 3. The molecule has 2 atom stereocenters. The van der Waals surface area contributed by atoms with Crippen molar-refractivity contribution in [1.82, 2.24) is 0 Å². The molecule has 5 rings (SSSR count). The minimum absolute atomic E-state index is 0.210. The van der Waals surface area contributed by atoms with Crippen LogP contribution in [0.4, 0.5) is 17.1 Å². The highest BCUT2D eigenvalue weighted by atomic mass is 16.2. The molecule has 1 aliphatic carbocycles. The molecule has 7 nitrogen and oxygen atoms in total. The fraction of sp³-hybridized carbons (Fsp3) is 0.172. The van der Waals surface area contributed by atoms with Gasteiger partial charge in [0.2, 0.25) is 11.8 Å². The molecule has 1 heterocycles. The van der Waals surface area contributed by atoms with Crippen LogP contribution in [0, 0.1) is 11.8 Å². The number of carbonyl (C=O) groups is 4. The number of para-hydroxylation sites is 2. The highest BCUT2D eigenvalue weighted by Gasteiger charge is 2.49. The number of nitrogens with zero attached hydrogens (tertiary/aromatic N) is 1. The van der Waals surface area contributed by atoms with Gasteiger partial charge in [-0.1, -0.05) is 48.0 Å². The molecule has 0 unspecified atom stereocenters. The summed E-state index contributed by atoms with van der Waals surface area (Å²) in [6.45, 7) is 1.96. The van der Waals surface area contributed by atoms with Gasteiger partial charge in [-0.05, 0) is 62.2 Å². The van der Waals surface area contributed by atoms with Crippen molar-refractivity contribution in [1.29, 1.82) is 0 Å². The first-order valence-corrected chi connectivity index (χ1v) is 11.8. The van der Waals surface area contributed by atoms with Gasteiger partial charge in [0.25, 0.3) is 11.8 Å². The Hall–Kier alpha value is -4.52. The lowest BCUT2D eigenvalue weighted by atomic mass is 9.82. The summed E-state index contributed by atoms with van der Waals surface area (Å²) in [5.74, 6) is -2.10. The zero-order valence-corrected chi connectivity index (χ0v) is 19.7. The van der Waals surface area contributed by atoms with Crippen molar-refractivity contribution in [3.05, 3.63) is 102 Å². The topological polar surface area (TPSA) is 95.6 Å². The molecule has 3 aromatic carbocycles. The van der Waals surface area contributed by atoms with E-state index < -0.39 is 17.7 Å². The van der Waals surface area contributed by atoms with Gasteiger partial charge in [-0.15, -0.1) is 0 Å². The second-order valence-corrected chi connectivity index (χ2v) is 9.09. The number of hydrogen-bond acceptors (Lipinski definition) is 4. The predicted molar refractivity (Wildman–Crippen MR) is 138 cm³/mol. The van der Waals surface area contributed by atoms with E-state index in [2.05, 4.69) is 10.6 Å². The molecule has 0 bridgehead atoms. The maximum atomic E-state index is 13.3. The number of anilines is 3. The Kier molecular flexibility index (Phi) is 6.21. The zero-order valence-electron chi connectivity index (χ0n) is 19.7. The van der Waals surface area contributed by atoms with Gasteiger partial charge in [0.1, 0.15) is 0 Å². The minimum Gasteiger partial charge on any atom is -0.322 e. The average molecular weight is 480 g/mol. The van der Waals surface area contributed by atoms with Gasteiger partial charge in [0.15, 0.2) is 0 Å². The molecule has 1 aliphatic heterocycles. The molecule has 0 aromatic heterocycles. The average Bonchev–Trinajstić information content (AvgIpc) is 3.13. The molecule has 0 saturated carbocycles. The molecular formula is C29H25N3O4. The highest BCUT2D eigenvalue weighted by molar-refractivity contribution is 6.25. The van der Waals surface area contributed by atoms with E-state index >= 15 is 0 Å². The van der Waals surface area contributed by atoms with Gasteiger partial charge in [-0.3, -0.25) is 19.2 Å². The van der Waals surface area contributed by atoms with Crippen molar-refractivity contribution < 1.29 is 19.2 Å². The monoisotopic (exact) mass is 479 g/mol. The van der Waals surface area contributed by atoms with E-state index in [1.54, 1.807) is 60.7 Å². The summed E-state index contributed by atoms with van der Waals surface area (Å²) in [6.07, 6.45) is 3.09. The Morgan fingerprint density at radius 3 is 2.25 bits per heavy atom. The number of imide groups is 1. The molecule has 3 aromatic rings. The largest absolute Gasteiger partial charge is 0.322 e. The Balaban J connectivity index is 1.36. The van der Waals surface area contributed by atoms with Crippen molar-refractivity contribution in [2.45, 2.75) is 19.8 Å². The first kappa shape index (κ1) is 23.2. The number of amides is 4. The van der Waals surface area contributed by atoms with Crippen LogP contribution in [0.15, 0.2) is 90.5 Å². The molecule has 0 radical (unpaired) electrons. The fourth-order valence-corrected chi connectivity index (χ4v) is 4.80. The van der Waals surface area contributed by atoms with Crippen LogP contribution in [-0.4, -0.2) is 23.6 Å². The summed E-state index contributed by atoms with van der Waals surface area (Å²) in [5.41, 5.74) is 3.04. The standard InChI is InChI=1S/C29H25N3O4/c1-18-14-15-22-24(16-18)29(36)32(28(22)35)25-13-6-5-12-23(25)27(34)31-21-11-7-8-19(17-21)26(33)30-20-9-3-2-4-10-20/h2-14,17,22,24H,15-16H2,1H3,(H,30,33)(H,31,34)/t22-,24+/m0/s1. The lowest BCUT2D eigenvalue weighted by Crippen LogP contribution is -2.33. The minimum atomic E-state index is -0.476. The van der Waals surface area contributed by atoms with Crippen molar-refractivity contribution in [2.24, 2.45) is 11.8 Å². The molecule has 2 N–H and O–H groups in total. The normalized spacial score (nSPS) is 18.9. The predicted octanol–water partition coefficient (Wildman–Crippen LogP) is 5.04. The highest BCUT2D eigenvalue weighted by Crippen LogP contribution is 2.40. The van der Waals surface area contributed by atoms with Crippen molar-refractivity contribution in [3.63, 3.8) is 0 Å². The molecule has 0 spiro atoms. The van der Waals surface area contributed by atoms with E-state index in [1.165, 1.54) is 4.90 Å². The Bertz CT molecular complexity index is 1400. The van der Waals surface area contributed by atoms with Gasteiger partial charge >= 0.3 is 0 Å². The van der Waals surface area contributed by atoms with Crippen LogP contribution in [-0.2, 0) is 9.59 Å². The summed E-state index contributed by atoms with van der Waals surface area (Å²) in [7, 11) is 0. The van der Waals surface area contributed by atoms with Crippen LogP contribution in [0.1, 0.15) is 40.5 Å². The first-order valence-electron chi connectivity index (χ1n) is 11.8. The third-order valence-electron chi connectivity index (χ3n) is 6.63. The Morgan fingerprint density at radius 2 is 1.44 bits per heavy atom. The lowest BCUT2D eigenvalue weighted by molar-refractivity contribution is -0.122. The number of fused-ring (bicyclic) bond motifs is 1. The summed E-state index contributed by atoms with van der Waals surface area (Å²) >= 11 is 0. The number of carbonyl (C=O) groups excluding carboxylic acids is 4. The molecular weight excluding hydrogens is 454 g/mol. The van der Waals surface area contributed by atoms with Crippen LogP contribution < -0.4 is 15.5 Å². The summed E-state index contributed by atoms with van der Waals surface area (Å²) in [6, 6.07) is 22.3. The molecule has 36 heavy (non-hydrogen) atoms. The second kappa shape index (κ2) is 9.62. The van der Waals surface area contributed by atoms with E-state index in [4.69, 9.17) is 0 Å². The smallest absolute Gasteiger partial charge is 0.257 e. The fourth-order valence-electron chi connectivity index (χ4n) is 4.80. The van der Waals surface area contributed by atoms with Gasteiger partial charge in [0.05, 0.1) is 23.1 Å². The first-order chi connectivity index (χ1) is 17.4. The van der Waals surface area contributed by atoms with Gasteiger partial charge < -0.3 is 10.6 Å². The van der Waals surface area contributed by atoms with Crippen LogP contribution in [0.5, 0.6) is 0 Å². The van der Waals surface area contributed by atoms with Crippen molar-refractivity contribution in [3.8, 4) is 0 Å². The summed E-state index contributed by atoms with van der Waals surface area (Å²) in [4.78, 5) is 53.5. The lowest BCUT2D eigenvalue weighted by Gasteiger charge is -2.19. The maximum Gasteiger partial charge on any atom is 0.257 e. The summed E-state index contributed by atoms with van der Waals surface area (Å²) < 4.78 is 0. The number of rotatable bonds is 5. The van der Waals surface area contributed by atoms with Gasteiger partial charge in [-0.2, -0.15) is 0 Å². The third kappa shape index (κ3) is 4.43. The molecule has 180 valence electrons. The van der Waals surface area contributed by atoms with Crippen LogP contribution in [0.2, 0.25) is 0 Å². The van der Waals surface area contributed by atoms with Crippen LogP contribution in [0.25, 0.3) is 0 Å². The van der Waals surface area contributed by atoms with E-state index in [0.29, 0.717) is 29.8 Å². The Morgan fingerprint density at radius 1 is 0.778 bits per heavy atom. The number of hydrogen-bond donors (Lipinski definition) is 2. The van der Waals surface area contributed by atoms with Crippen molar-refractivity contribution in [2.75, 3.05) is 15.5 Å². The van der Waals surface area contributed by atoms with Crippen LogP contribution >= 0.6 is 0 Å². The molecule has 2 aliphatic rings. The number of allylic oxidation sites excluding steroid dienone is 2. The Labute approximate surface area is 208 Å². The van der Waals surface area contributed by atoms with Gasteiger partial charge in [-0.25, -0.2) is 4.90 Å². The van der Waals surface area contributed by atoms with E-state index in [-0.39, 0.29) is 29.0 Å². The quantitative estimate of drug-likeness (QED) is 0.396. The van der Waals surface area contributed by atoms with E-state index in [1.807, 2.05) is 31.2 Å². The third-order valence-corrected chi connectivity index (χ3v) is 6.63. The summed E-state index contributed by atoms with van der Waals surface area (Å²) in [5, 5.41) is 5.62. The van der Waals surface area contributed by atoms with E-state index in [0.717, 1.165) is 5.57 Å². The van der Waals surface area contributed by atoms with E-state index in [9.17, 15) is 19.2 Å². The maximum absolute atomic E-state index is 13.3. The molecule has 1 saturated heterocycles. The van der Waals surface area contributed by atoms with Gasteiger partial charge in [0, 0.05) is 16.9 Å².